The van der Waals surface area contributed by atoms with Crippen molar-refractivity contribution < 1.29 is 67.2 Å². The lowest BCUT2D eigenvalue weighted by Crippen LogP contribution is -2.61. The van der Waals surface area contributed by atoms with Gasteiger partial charge in [0.25, 0.3) is 0 Å². The number of aliphatic hydroxyl groups excluding tert-OH is 3. The van der Waals surface area contributed by atoms with Crippen LogP contribution >= 0.6 is 0 Å². The molecule has 3 saturated heterocycles. The minimum atomic E-state index is -4.15. The number of esters is 1. The summed E-state index contributed by atoms with van der Waals surface area (Å²) in [6.45, 7) is 17.4. The molecule has 0 bridgehead atoms. The van der Waals surface area contributed by atoms with Gasteiger partial charge in [0.05, 0.1) is 52.5 Å². The van der Waals surface area contributed by atoms with Gasteiger partial charge in [-0.25, -0.2) is 8.42 Å². The molecule has 0 amide bonds. The van der Waals surface area contributed by atoms with E-state index >= 15 is 0 Å². The molecule has 0 aromatic heterocycles. The molecular formula is C47H76N2O14S. The Bertz CT molecular complexity index is 1990. The Morgan fingerprint density at radius 1 is 0.906 bits per heavy atom. The Labute approximate surface area is 380 Å². The Kier molecular flexibility index (Phi) is 16.8. The van der Waals surface area contributed by atoms with Crippen molar-refractivity contribution in [3.8, 4) is 0 Å². The molecule has 64 heavy (non-hydrogen) atoms. The molecule has 0 radical (unpaired) electrons. The third-order valence-electron chi connectivity index (χ3n) is 14.4. The van der Waals surface area contributed by atoms with Crippen LogP contribution in [0.3, 0.4) is 0 Å². The number of aliphatic hydroxyl groups is 5. The van der Waals surface area contributed by atoms with Crippen LogP contribution in [0, 0.1) is 17.8 Å². The Morgan fingerprint density at radius 3 is 2.17 bits per heavy atom. The molecule has 3 fully saturated rings. The minimum absolute atomic E-state index is 0.0562. The maximum Gasteiger partial charge on any atom is 0.311 e. The molecule has 364 valence electrons. The summed E-state index contributed by atoms with van der Waals surface area (Å²) in [6, 6.07) is 10.7. The van der Waals surface area contributed by atoms with Crippen molar-refractivity contribution in [3.63, 3.8) is 0 Å². The van der Waals surface area contributed by atoms with Gasteiger partial charge in [0.1, 0.15) is 30.0 Å². The van der Waals surface area contributed by atoms with Crippen LogP contribution in [0.2, 0.25) is 0 Å². The highest BCUT2D eigenvalue weighted by atomic mass is 32.2. The zero-order valence-corrected chi connectivity index (χ0v) is 40.8. The average Bonchev–Trinajstić information content (AvgIpc) is 3.24. The van der Waals surface area contributed by atoms with E-state index in [1.165, 1.54) is 27.1 Å². The average molecular weight is 925 g/mol. The highest BCUT2D eigenvalue weighted by Gasteiger charge is 2.53. The number of nitrogens with zero attached hydrogens (tertiary/aromatic N) is 2. The van der Waals surface area contributed by atoms with E-state index in [4.69, 9.17) is 28.4 Å². The van der Waals surface area contributed by atoms with Crippen molar-refractivity contribution in [3.05, 3.63) is 42.5 Å². The van der Waals surface area contributed by atoms with E-state index in [0.29, 0.717) is 6.54 Å². The monoisotopic (exact) mass is 925 g/mol. The molecule has 5 rings (SSSR count). The number of sulfonamides is 1. The zero-order chi connectivity index (χ0) is 47.9. The van der Waals surface area contributed by atoms with E-state index in [1.807, 2.05) is 36.1 Å². The Hall–Kier alpha value is -2.36. The van der Waals surface area contributed by atoms with E-state index in [2.05, 4.69) is 0 Å². The van der Waals surface area contributed by atoms with E-state index in [-0.39, 0.29) is 36.5 Å². The number of fused-ring (bicyclic) bond motifs is 1. The van der Waals surface area contributed by atoms with Crippen molar-refractivity contribution in [2.45, 2.75) is 190 Å². The zero-order valence-electron chi connectivity index (χ0n) is 40.0. The van der Waals surface area contributed by atoms with Crippen LogP contribution in [0.25, 0.3) is 10.8 Å². The normalized spacial score (nSPS) is 42.8. The van der Waals surface area contributed by atoms with Crippen LogP contribution in [0.1, 0.15) is 94.9 Å². The molecule has 3 aliphatic rings. The SMILES string of the molecule is CC[C@H]1OC(=O)[C@H](C)[C@@H](O[C@H]2C[C@@](C)(OC)[C@@H](O)[C@H](C)O2)[C@H](C)[C@@H](O[C@@H]2O[C@H](C)C[C@H](N(C)S(=O)(=O)c3ccc4ccccc4c3)[C@H]2O)[C@](C)(O)C[C@@H](C)CN(C)[C@H](C)[C@@H](O)[C@]1(C)O. The standard InChI is InChI=1S/C47H76N2O14S/c1-14-36-47(10,55)40(51)30(6)48(11)25-26(2)23-45(8,54)42(28(4)39(29(5)43(53)61-36)62-37-24-46(9,58-13)41(52)31(7)60-37)63-44-38(50)35(21-27(3)59-44)49(12)64(56,57)34-20-19-32-17-15-16-18-33(32)22-34/h15-20,22,26-31,35-42,44,50-52,54-55H,14,21,23-25H2,1-13H3/t26-,27-,28+,29-,30-,31+,35+,36-,37+,38-,39+,40-,41+,42-,44+,45-,46-,47-/m1/s1. The summed E-state index contributed by atoms with van der Waals surface area (Å²) in [5.74, 6) is -3.06. The number of carbonyl (C=O) groups is 1. The van der Waals surface area contributed by atoms with Gasteiger partial charge in [0.2, 0.25) is 10.0 Å². The molecule has 0 aliphatic carbocycles. The fourth-order valence-corrected chi connectivity index (χ4v) is 11.7. The second kappa shape index (κ2) is 20.5. The van der Waals surface area contributed by atoms with E-state index in [0.717, 1.165) is 15.1 Å². The molecule has 2 aromatic rings. The van der Waals surface area contributed by atoms with Crippen LogP contribution in [-0.2, 0) is 43.2 Å². The third-order valence-corrected chi connectivity index (χ3v) is 16.3. The van der Waals surface area contributed by atoms with Gasteiger partial charge in [-0.1, -0.05) is 51.1 Å². The topological polar surface area (TPSA) is 214 Å². The maximum atomic E-state index is 14.4. The first-order chi connectivity index (χ1) is 29.7. The molecule has 3 heterocycles. The fourth-order valence-electron chi connectivity index (χ4n) is 10.3. The summed E-state index contributed by atoms with van der Waals surface area (Å²) >= 11 is 0. The molecule has 0 spiro atoms. The Balaban J connectivity index is 1.57. The predicted octanol–water partition coefficient (Wildman–Crippen LogP) is 3.81. The largest absolute Gasteiger partial charge is 0.459 e. The number of hydrogen-bond donors (Lipinski definition) is 5. The van der Waals surface area contributed by atoms with Crippen molar-refractivity contribution in [1.82, 2.24) is 9.21 Å². The number of rotatable bonds is 9. The fraction of sp³-hybridized carbons (Fsp3) is 0.766. The number of carbonyl (C=O) groups excluding carboxylic acids is 1. The molecule has 3 aliphatic heterocycles. The summed E-state index contributed by atoms with van der Waals surface area (Å²) in [5, 5.41) is 61.0. The number of ether oxygens (including phenoxy) is 6. The first-order valence-electron chi connectivity index (χ1n) is 22.7. The number of benzene rings is 2. The van der Waals surface area contributed by atoms with Gasteiger partial charge in [-0.2, -0.15) is 4.31 Å². The second-order valence-electron chi connectivity index (χ2n) is 19.7. The third kappa shape index (κ3) is 11.0. The van der Waals surface area contributed by atoms with Crippen LogP contribution < -0.4 is 0 Å². The summed E-state index contributed by atoms with van der Waals surface area (Å²) in [5.41, 5.74) is -4.69. The van der Waals surface area contributed by atoms with E-state index in [1.54, 1.807) is 74.6 Å². The molecule has 18 atom stereocenters. The lowest BCUT2D eigenvalue weighted by Gasteiger charge is -2.48. The van der Waals surface area contributed by atoms with Crippen molar-refractivity contribution in [2.24, 2.45) is 17.8 Å². The van der Waals surface area contributed by atoms with Gasteiger partial charge < -0.3 is 58.9 Å². The smallest absolute Gasteiger partial charge is 0.311 e. The van der Waals surface area contributed by atoms with Crippen molar-refractivity contribution >= 4 is 26.8 Å². The van der Waals surface area contributed by atoms with Crippen molar-refractivity contribution in [2.75, 3.05) is 27.7 Å². The minimum Gasteiger partial charge on any atom is -0.459 e. The van der Waals surface area contributed by atoms with Gasteiger partial charge in [-0.15, -0.1) is 0 Å². The number of hydrogen-bond acceptors (Lipinski definition) is 15. The van der Waals surface area contributed by atoms with Gasteiger partial charge in [0.15, 0.2) is 12.6 Å². The molecule has 16 nitrogen and oxygen atoms in total. The van der Waals surface area contributed by atoms with Gasteiger partial charge in [-0.05, 0) is 104 Å². The highest BCUT2D eigenvalue weighted by molar-refractivity contribution is 7.89. The summed E-state index contributed by atoms with van der Waals surface area (Å²) in [7, 11) is 0.546. The van der Waals surface area contributed by atoms with Crippen molar-refractivity contribution in [1.29, 1.82) is 0 Å². The molecule has 2 aromatic carbocycles. The second-order valence-corrected chi connectivity index (χ2v) is 21.7. The summed E-state index contributed by atoms with van der Waals surface area (Å²) in [4.78, 5) is 16.4. The van der Waals surface area contributed by atoms with E-state index < -0.39 is 118 Å². The molecule has 0 unspecified atom stereocenters. The number of methoxy groups -OCH3 is 1. The molecule has 5 N–H and O–H groups in total. The Morgan fingerprint density at radius 2 is 1.55 bits per heavy atom. The first-order valence-corrected chi connectivity index (χ1v) is 24.2. The number of likely N-dealkylation sites (N-methyl/N-ethyl adjacent to an activating group) is 2. The highest BCUT2D eigenvalue weighted by Crippen LogP contribution is 2.41. The quantitative estimate of drug-likeness (QED) is 0.226. The number of cyclic esters (lactones) is 1. The molecular weight excluding hydrogens is 849 g/mol. The molecule has 17 heteroatoms. The summed E-state index contributed by atoms with van der Waals surface area (Å²) < 4.78 is 67.4. The van der Waals surface area contributed by atoms with E-state index in [9.17, 15) is 38.7 Å². The van der Waals surface area contributed by atoms with Crippen LogP contribution in [0.5, 0.6) is 0 Å². The first kappa shape index (κ1) is 52.6. The van der Waals surface area contributed by atoms with Gasteiger partial charge in [0, 0.05) is 39.1 Å². The molecule has 0 saturated carbocycles. The lowest BCUT2D eigenvalue weighted by atomic mass is 9.77. The van der Waals surface area contributed by atoms with Crippen LogP contribution in [-0.4, -0.2) is 167 Å². The summed E-state index contributed by atoms with van der Waals surface area (Å²) in [6.07, 6.45) is -10.8. The predicted molar refractivity (Wildman–Crippen MR) is 239 cm³/mol. The lowest BCUT2D eigenvalue weighted by molar-refractivity contribution is -0.317. The van der Waals surface area contributed by atoms with Crippen LogP contribution in [0.15, 0.2) is 47.4 Å². The van der Waals surface area contributed by atoms with Gasteiger partial charge in [-0.3, -0.25) is 4.79 Å². The maximum absolute atomic E-state index is 14.4. The van der Waals surface area contributed by atoms with Crippen LogP contribution in [0.4, 0.5) is 0 Å². The van der Waals surface area contributed by atoms with Gasteiger partial charge >= 0.3 is 5.97 Å².